The summed E-state index contributed by atoms with van der Waals surface area (Å²) in [6.45, 7) is 3.01. The Labute approximate surface area is 187 Å². The second-order valence-electron chi connectivity index (χ2n) is 8.55. The molecule has 0 bridgehead atoms. The number of carbonyl (C=O) groups is 1. The first-order chi connectivity index (χ1) is 15.7. The van der Waals surface area contributed by atoms with E-state index in [1.807, 2.05) is 42.6 Å². The van der Waals surface area contributed by atoms with Gasteiger partial charge in [0.25, 0.3) is 0 Å². The van der Waals surface area contributed by atoms with Crippen molar-refractivity contribution < 1.29 is 14.3 Å². The molecule has 32 heavy (non-hydrogen) atoms. The number of nitrogens with one attached hydrogen (secondary N) is 2. The third kappa shape index (κ3) is 4.36. The van der Waals surface area contributed by atoms with Gasteiger partial charge in [0.1, 0.15) is 11.9 Å². The number of rotatable bonds is 7. The molecule has 166 valence electrons. The van der Waals surface area contributed by atoms with Crippen LogP contribution in [-0.4, -0.2) is 53.7 Å². The van der Waals surface area contributed by atoms with Gasteiger partial charge >= 0.3 is 5.97 Å². The van der Waals surface area contributed by atoms with Crippen molar-refractivity contribution in [3.05, 3.63) is 66.0 Å². The van der Waals surface area contributed by atoms with Gasteiger partial charge in [0.15, 0.2) is 0 Å². The number of aromatic nitrogens is 2. The van der Waals surface area contributed by atoms with Crippen molar-refractivity contribution in [2.75, 3.05) is 26.7 Å². The second kappa shape index (κ2) is 9.09. The van der Waals surface area contributed by atoms with Crippen molar-refractivity contribution in [3.63, 3.8) is 0 Å². The van der Waals surface area contributed by atoms with E-state index in [-0.39, 0.29) is 12.1 Å². The van der Waals surface area contributed by atoms with Crippen molar-refractivity contribution in [3.8, 4) is 5.75 Å². The Balaban J connectivity index is 1.08. The van der Waals surface area contributed by atoms with E-state index < -0.39 is 0 Å². The number of aryl methyl sites for hydroxylation is 1. The first kappa shape index (κ1) is 20.6. The number of piperidine rings is 1. The number of fused-ring (bicyclic) bond motifs is 2. The highest BCUT2D eigenvalue weighted by atomic mass is 16.5. The quantitative estimate of drug-likeness (QED) is 0.408. The fourth-order valence-electron chi connectivity index (χ4n) is 4.64. The molecule has 1 saturated heterocycles. The van der Waals surface area contributed by atoms with Crippen LogP contribution in [0.15, 0.2) is 54.9 Å². The van der Waals surface area contributed by atoms with Gasteiger partial charge in [0.05, 0.1) is 12.7 Å². The second-order valence-corrected chi connectivity index (χ2v) is 8.55. The summed E-state index contributed by atoms with van der Waals surface area (Å²) >= 11 is 0. The highest BCUT2D eigenvalue weighted by Gasteiger charge is 2.23. The molecule has 3 heterocycles. The van der Waals surface area contributed by atoms with Crippen LogP contribution in [0.2, 0.25) is 0 Å². The Bertz CT molecular complexity index is 1220. The van der Waals surface area contributed by atoms with E-state index in [4.69, 9.17) is 9.47 Å². The number of nitrogens with zero attached hydrogens (tertiary/aromatic N) is 1. The molecule has 1 fully saturated rings. The summed E-state index contributed by atoms with van der Waals surface area (Å²) in [7, 11) is 1.69. The lowest BCUT2D eigenvalue weighted by Gasteiger charge is -2.31. The molecule has 1 aliphatic heterocycles. The zero-order valence-electron chi connectivity index (χ0n) is 18.4. The van der Waals surface area contributed by atoms with Crippen LogP contribution in [0.5, 0.6) is 5.75 Å². The van der Waals surface area contributed by atoms with Crippen LogP contribution in [0.25, 0.3) is 21.8 Å². The summed E-state index contributed by atoms with van der Waals surface area (Å²) in [4.78, 5) is 21.5. The average Bonchev–Trinajstić information content (AvgIpc) is 3.46. The molecular weight excluding hydrogens is 402 g/mol. The van der Waals surface area contributed by atoms with Crippen molar-refractivity contribution in [2.45, 2.75) is 31.8 Å². The summed E-state index contributed by atoms with van der Waals surface area (Å²) < 4.78 is 11.1. The molecule has 0 aliphatic carbocycles. The predicted molar refractivity (Wildman–Crippen MR) is 126 cm³/mol. The van der Waals surface area contributed by atoms with Crippen LogP contribution in [0, 0.1) is 0 Å². The van der Waals surface area contributed by atoms with Gasteiger partial charge in [-0.3, -0.25) is 0 Å². The van der Waals surface area contributed by atoms with E-state index >= 15 is 0 Å². The van der Waals surface area contributed by atoms with E-state index in [0.29, 0.717) is 5.56 Å². The SMILES string of the molecule is COc1ccc2c(CCCN3CCC(OC(=O)c4ccc5[nH]ccc5c4)CC3)c[nH]c2c1. The highest BCUT2D eigenvalue weighted by molar-refractivity contribution is 5.94. The average molecular weight is 432 g/mol. The van der Waals surface area contributed by atoms with Gasteiger partial charge in [-0.1, -0.05) is 0 Å². The van der Waals surface area contributed by atoms with Gasteiger partial charge in [-0.25, -0.2) is 4.79 Å². The normalized spacial score (nSPS) is 15.4. The van der Waals surface area contributed by atoms with Crippen LogP contribution in [0.4, 0.5) is 0 Å². The molecule has 6 nitrogen and oxygen atoms in total. The number of hydrogen-bond donors (Lipinski definition) is 2. The molecule has 2 aromatic carbocycles. The number of methoxy groups -OCH3 is 1. The number of hydrogen-bond acceptors (Lipinski definition) is 4. The molecule has 1 aliphatic rings. The van der Waals surface area contributed by atoms with E-state index in [1.54, 1.807) is 7.11 Å². The maximum Gasteiger partial charge on any atom is 0.338 e. The molecular formula is C26H29N3O3. The lowest BCUT2D eigenvalue weighted by atomic mass is 10.1. The van der Waals surface area contributed by atoms with Crippen molar-refractivity contribution in [2.24, 2.45) is 0 Å². The third-order valence-electron chi connectivity index (χ3n) is 6.49. The van der Waals surface area contributed by atoms with E-state index in [1.165, 1.54) is 10.9 Å². The molecule has 2 N–H and O–H groups in total. The van der Waals surface area contributed by atoms with Crippen LogP contribution >= 0.6 is 0 Å². The van der Waals surface area contributed by atoms with Crippen molar-refractivity contribution >= 4 is 27.8 Å². The topological polar surface area (TPSA) is 70.3 Å². The summed E-state index contributed by atoms with van der Waals surface area (Å²) in [6, 6.07) is 13.8. The van der Waals surface area contributed by atoms with Crippen LogP contribution in [-0.2, 0) is 11.2 Å². The fourth-order valence-corrected chi connectivity index (χ4v) is 4.64. The number of aromatic amines is 2. The molecule has 0 atom stereocenters. The number of esters is 1. The Kier molecular flexibility index (Phi) is 5.86. The lowest BCUT2D eigenvalue weighted by molar-refractivity contribution is 0.0113. The molecule has 2 aromatic heterocycles. The smallest absolute Gasteiger partial charge is 0.338 e. The lowest BCUT2D eigenvalue weighted by Crippen LogP contribution is -2.38. The number of ether oxygens (including phenoxy) is 2. The number of likely N-dealkylation sites (tertiary alicyclic amines) is 1. The molecule has 0 unspecified atom stereocenters. The molecule has 0 radical (unpaired) electrons. The van der Waals surface area contributed by atoms with Crippen molar-refractivity contribution in [1.82, 2.24) is 14.9 Å². The van der Waals surface area contributed by atoms with Crippen molar-refractivity contribution in [1.29, 1.82) is 0 Å². The van der Waals surface area contributed by atoms with E-state index in [2.05, 4.69) is 27.1 Å². The Hall–Kier alpha value is -3.25. The molecule has 0 saturated carbocycles. The molecule has 5 rings (SSSR count). The standard InChI is InChI=1S/C26H29N3O3/c1-31-22-5-6-23-20(17-28-25(23)16-22)3-2-12-29-13-9-21(10-14-29)32-26(30)19-4-7-24-18(15-19)8-11-27-24/h4-8,11,15-17,21,27-28H,2-3,9-10,12-14H2,1H3. The van der Waals surface area contributed by atoms with Gasteiger partial charge in [0, 0.05) is 53.4 Å². The van der Waals surface area contributed by atoms with Crippen LogP contribution in [0.3, 0.4) is 0 Å². The third-order valence-corrected chi connectivity index (χ3v) is 6.49. The number of H-pyrrole nitrogens is 2. The molecule has 6 heteroatoms. The number of carbonyl (C=O) groups excluding carboxylic acids is 1. The molecule has 4 aromatic rings. The monoisotopic (exact) mass is 431 g/mol. The summed E-state index contributed by atoms with van der Waals surface area (Å²) in [5, 5.41) is 2.30. The Morgan fingerprint density at radius 3 is 2.78 bits per heavy atom. The minimum Gasteiger partial charge on any atom is -0.497 e. The summed E-state index contributed by atoms with van der Waals surface area (Å²) in [6.07, 6.45) is 7.94. The zero-order valence-corrected chi connectivity index (χ0v) is 18.4. The van der Waals surface area contributed by atoms with Crippen LogP contribution in [0.1, 0.15) is 35.2 Å². The van der Waals surface area contributed by atoms with E-state index in [0.717, 1.165) is 67.5 Å². The minimum absolute atomic E-state index is 0.00395. The minimum atomic E-state index is -0.220. The Morgan fingerprint density at radius 2 is 1.94 bits per heavy atom. The van der Waals surface area contributed by atoms with Gasteiger partial charge in [-0.15, -0.1) is 0 Å². The van der Waals surface area contributed by atoms with Gasteiger partial charge < -0.3 is 24.3 Å². The summed E-state index contributed by atoms with van der Waals surface area (Å²) in [5.74, 6) is 0.655. The van der Waals surface area contributed by atoms with Gasteiger partial charge in [-0.05, 0) is 74.2 Å². The zero-order chi connectivity index (χ0) is 21.9. The molecule has 0 spiro atoms. The highest BCUT2D eigenvalue weighted by Crippen LogP contribution is 2.24. The first-order valence-corrected chi connectivity index (χ1v) is 11.3. The predicted octanol–water partition coefficient (Wildman–Crippen LogP) is 4.91. The van der Waals surface area contributed by atoms with Gasteiger partial charge in [-0.2, -0.15) is 0 Å². The first-order valence-electron chi connectivity index (χ1n) is 11.3. The molecule has 0 amide bonds. The maximum absolute atomic E-state index is 12.6. The fraction of sp³-hybridized carbons (Fsp3) is 0.346. The van der Waals surface area contributed by atoms with Crippen LogP contribution < -0.4 is 4.74 Å². The maximum atomic E-state index is 12.6. The Morgan fingerprint density at radius 1 is 1.06 bits per heavy atom. The largest absolute Gasteiger partial charge is 0.497 e. The van der Waals surface area contributed by atoms with E-state index in [9.17, 15) is 4.79 Å². The number of benzene rings is 2. The summed E-state index contributed by atoms with van der Waals surface area (Å²) in [5.41, 5.74) is 4.13. The van der Waals surface area contributed by atoms with Gasteiger partial charge in [0.2, 0.25) is 0 Å².